The van der Waals surface area contributed by atoms with Crippen molar-refractivity contribution in [2.75, 3.05) is 14.1 Å². The number of oxime groups is 1. The molecule has 1 aromatic rings. The van der Waals surface area contributed by atoms with Crippen LogP contribution in [0.15, 0.2) is 29.4 Å². The minimum atomic E-state index is -0.438. The molecule has 0 aliphatic rings. The van der Waals surface area contributed by atoms with Crippen LogP contribution in [0.2, 0.25) is 0 Å². The highest BCUT2D eigenvalue weighted by Crippen LogP contribution is 2.11. The number of benzene rings is 1. The van der Waals surface area contributed by atoms with Crippen LogP contribution in [-0.4, -0.2) is 36.4 Å². The lowest BCUT2D eigenvalue weighted by Crippen LogP contribution is -2.28. The smallest absolute Gasteiger partial charge is 0.270 e. The third-order valence-corrected chi connectivity index (χ3v) is 2.39. The molecule has 0 radical (unpaired) electrons. The quantitative estimate of drug-likeness (QED) is 0.336. The number of nitro groups is 1. The van der Waals surface area contributed by atoms with Crippen molar-refractivity contribution in [1.29, 1.82) is 0 Å². The van der Waals surface area contributed by atoms with Crippen LogP contribution < -0.4 is 0 Å². The topological polar surface area (TPSA) is 68.0 Å². The van der Waals surface area contributed by atoms with Gasteiger partial charge in [0.05, 0.1) is 11.1 Å². The van der Waals surface area contributed by atoms with Crippen molar-refractivity contribution in [1.82, 2.24) is 4.90 Å². The van der Waals surface area contributed by atoms with E-state index in [1.165, 1.54) is 18.3 Å². The molecule has 6 heteroatoms. The van der Waals surface area contributed by atoms with E-state index in [0.29, 0.717) is 5.56 Å². The molecule has 0 amide bonds. The van der Waals surface area contributed by atoms with Gasteiger partial charge in [-0.05, 0) is 20.5 Å². The molecule has 0 aliphatic carbocycles. The van der Waals surface area contributed by atoms with Crippen LogP contribution in [0.25, 0.3) is 0 Å². The van der Waals surface area contributed by atoms with Crippen LogP contribution >= 0.6 is 0 Å². The van der Waals surface area contributed by atoms with Crippen molar-refractivity contribution < 1.29 is 9.76 Å². The predicted octanol–water partition coefficient (Wildman–Crippen LogP) is 2.24. The van der Waals surface area contributed by atoms with E-state index in [9.17, 15) is 10.1 Å². The Hall–Kier alpha value is -1.95. The SMILES string of the molecule is CCC(O/N=C/c1cccc([N+](=O)[O-])c1)N(C)C. The molecule has 0 bridgehead atoms. The molecule has 98 valence electrons. The minimum Gasteiger partial charge on any atom is -0.376 e. The van der Waals surface area contributed by atoms with Gasteiger partial charge in [-0.3, -0.25) is 15.0 Å². The number of rotatable bonds is 6. The van der Waals surface area contributed by atoms with Gasteiger partial charge in [-0.2, -0.15) is 0 Å². The Labute approximate surface area is 106 Å². The Bertz CT molecular complexity index is 432. The summed E-state index contributed by atoms with van der Waals surface area (Å²) in [5, 5.41) is 14.4. The average Bonchev–Trinajstić information content (AvgIpc) is 2.34. The van der Waals surface area contributed by atoms with Gasteiger partial charge < -0.3 is 4.84 Å². The molecule has 0 saturated carbocycles. The number of hydrogen-bond donors (Lipinski definition) is 0. The first-order valence-electron chi connectivity index (χ1n) is 5.64. The first-order chi connectivity index (χ1) is 8.54. The van der Waals surface area contributed by atoms with Crippen molar-refractivity contribution in [3.63, 3.8) is 0 Å². The molecule has 6 nitrogen and oxygen atoms in total. The van der Waals surface area contributed by atoms with Gasteiger partial charge in [0.1, 0.15) is 0 Å². The summed E-state index contributed by atoms with van der Waals surface area (Å²) in [5.41, 5.74) is 0.677. The number of nitro benzene ring substituents is 1. The summed E-state index contributed by atoms with van der Waals surface area (Å²) < 4.78 is 0. The lowest BCUT2D eigenvalue weighted by molar-refractivity contribution is -0.384. The molecular weight excluding hydrogens is 234 g/mol. The highest BCUT2D eigenvalue weighted by molar-refractivity contribution is 5.80. The van der Waals surface area contributed by atoms with E-state index in [2.05, 4.69) is 5.16 Å². The van der Waals surface area contributed by atoms with Gasteiger partial charge in [0.25, 0.3) is 5.69 Å². The summed E-state index contributed by atoms with van der Waals surface area (Å²) in [6.45, 7) is 1.99. The van der Waals surface area contributed by atoms with Crippen LogP contribution in [0.4, 0.5) is 5.69 Å². The first kappa shape index (κ1) is 14.1. The van der Waals surface area contributed by atoms with Crippen molar-refractivity contribution in [2.45, 2.75) is 19.6 Å². The molecule has 18 heavy (non-hydrogen) atoms. The molecule has 0 spiro atoms. The van der Waals surface area contributed by atoms with Gasteiger partial charge in [0.2, 0.25) is 0 Å². The molecule has 1 unspecified atom stereocenters. The minimum absolute atomic E-state index is 0.0404. The third-order valence-electron chi connectivity index (χ3n) is 2.39. The van der Waals surface area contributed by atoms with E-state index in [-0.39, 0.29) is 11.9 Å². The molecule has 0 aromatic heterocycles. The van der Waals surface area contributed by atoms with Crippen LogP contribution in [0.1, 0.15) is 18.9 Å². The normalized spacial score (nSPS) is 12.9. The summed E-state index contributed by atoms with van der Waals surface area (Å²) in [7, 11) is 3.80. The third kappa shape index (κ3) is 4.14. The highest BCUT2D eigenvalue weighted by Gasteiger charge is 2.08. The Balaban J connectivity index is 2.67. The zero-order valence-corrected chi connectivity index (χ0v) is 10.7. The molecule has 0 saturated heterocycles. The molecule has 0 heterocycles. The summed E-state index contributed by atoms with van der Waals surface area (Å²) >= 11 is 0. The second-order valence-corrected chi connectivity index (χ2v) is 4.02. The molecule has 1 aromatic carbocycles. The van der Waals surface area contributed by atoms with Gasteiger partial charge in [0.15, 0.2) is 6.23 Å². The molecule has 0 fully saturated rings. The number of nitrogens with zero attached hydrogens (tertiary/aromatic N) is 3. The Morgan fingerprint density at radius 1 is 1.56 bits per heavy atom. The standard InChI is InChI=1S/C12H17N3O3/c1-4-12(14(2)3)18-13-9-10-6-5-7-11(8-10)15(16)17/h5-9,12H,4H2,1-3H3/b13-9+. The summed E-state index contributed by atoms with van der Waals surface area (Å²) in [5.74, 6) is 0. The molecule has 1 atom stereocenters. The van der Waals surface area contributed by atoms with Gasteiger partial charge >= 0.3 is 0 Å². The van der Waals surface area contributed by atoms with E-state index < -0.39 is 4.92 Å². The number of non-ortho nitro benzene ring substituents is 1. The maximum absolute atomic E-state index is 10.6. The van der Waals surface area contributed by atoms with Crippen LogP contribution in [-0.2, 0) is 4.84 Å². The molecule has 0 N–H and O–H groups in total. The lowest BCUT2D eigenvalue weighted by atomic mass is 10.2. The Morgan fingerprint density at radius 3 is 2.83 bits per heavy atom. The van der Waals surface area contributed by atoms with E-state index >= 15 is 0 Å². The van der Waals surface area contributed by atoms with Gasteiger partial charge in [-0.15, -0.1) is 0 Å². The van der Waals surface area contributed by atoms with E-state index in [0.717, 1.165) is 6.42 Å². The Morgan fingerprint density at radius 2 is 2.28 bits per heavy atom. The summed E-state index contributed by atoms with van der Waals surface area (Å²) in [4.78, 5) is 17.3. The van der Waals surface area contributed by atoms with E-state index in [1.54, 1.807) is 12.1 Å². The predicted molar refractivity (Wildman–Crippen MR) is 69.5 cm³/mol. The van der Waals surface area contributed by atoms with Gasteiger partial charge in [0, 0.05) is 17.7 Å². The van der Waals surface area contributed by atoms with Crippen LogP contribution in [0.3, 0.4) is 0 Å². The monoisotopic (exact) mass is 251 g/mol. The lowest BCUT2D eigenvalue weighted by Gasteiger charge is -2.19. The molecule has 0 aliphatic heterocycles. The first-order valence-corrected chi connectivity index (χ1v) is 5.64. The molecular formula is C12H17N3O3. The van der Waals surface area contributed by atoms with Gasteiger partial charge in [-0.1, -0.05) is 24.2 Å². The average molecular weight is 251 g/mol. The van der Waals surface area contributed by atoms with Crippen molar-refractivity contribution >= 4 is 11.9 Å². The van der Waals surface area contributed by atoms with Crippen molar-refractivity contribution in [2.24, 2.45) is 5.16 Å². The largest absolute Gasteiger partial charge is 0.376 e. The number of hydrogen-bond acceptors (Lipinski definition) is 5. The second kappa shape index (κ2) is 6.70. The maximum atomic E-state index is 10.6. The second-order valence-electron chi connectivity index (χ2n) is 4.02. The summed E-state index contributed by atoms with van der Waals surface area (Å²) in [6, 6.07) is 6.23. The highest BCUT2D eigenvalue weighted by atomic mass is 16.6. The summed E-state index contributed by atoms with van der Waals surface area (Å²) in [6.07, 6.45) is 2.18. The van der Waals surface area contributed by atoms with Crippen molar-refractivity contribution in [3.05, 3.63) is 39.9 Å². The zero-order valence-electron chi connectivity index (χ0n) is 10.7. The molecule has 1 rings (SSSR count). The maximum Gasteiger partial charge on any atom is 0.270 e. The fourth-order valence-corrected chi connectivity index (χ4v) is 1.41. The fourth-order valence-electron chi connectivity index (χ4n) is 1.41. The van der Waals surface area contributed by atoms with E-state index in [4.69, 9.17) is 4.84 Å². The fraction of sp³-hybridized carbons (Fsp3) is 0.417. The van der Waals surface area contributed by atoms with E-state index in [1.807, 2.05) is 25.9 Å². The Kier molecular flexibility index (Phi) is 5.26. The van der Waals surface area contributed by atoms with Gasteiger partial charge in [-0.25, -0.2) is 0 Å². The van der Waals surface area contributed by atoms with Crippen molar-refractivity contribution in [3.8, 4) is 0 Å². The zero-order chi connectivity index (χ0) is 13.5. The van der Waals surface area contributed by atoms with Crippen LogP contribution in [0.5, 0.6) is 0 Å². The van der Waals surface area contributed by atoms with Crippen LogP contribution in [0, 0.1) is 10.1 Å².